The van der Waals surface area contributed by atoms with Crippen molar-refractivity contribution in [1.82, 2.24) is 9.97 Å². The molecule has 1 unspecified atom stereocenters. The number of hydrogen-bond acceptors (Lipinski definition) is 5. The predicted octanol–water partition coefficient (Wildman–Crippen LogP) is 1.98. The van der Waals surface area contributed by atoms with E-state index in [-0.39, 0.29) is 6.17 Å². The van der Waals surface area contributed by atoms with Gasteiger partial charge in [0.15, 0.2) is 24.1 Å². The molecule has 0 amide bonds. The summed E-state index contributed by atoms with van der Waals surface area (Å²) in [5, 5.41) is 3.14. The first-order chi connectivity index (χ1) is 8.74. The van der Waals surface area contributed by atoms with Gasteiger partial charge >= 0.3 is 0 Å². The lowest BCUT2D eigenvalue weighted by Gasteiger charge is -2.29. The molecule has 18 heavy (non-hydrogen) atoms. The van der Waals surface area contributed by atoms with Crippen LogP contribution in [0.5, 0.6) is 0 Å². The minimum absolute atomic E-state index is 0.315. The van der Waals surface area contributed by atoms with Crippen LogP contribution in [0.2, 0.25) is 0 Å². The van der Waals surface area contributed by atoms with Crippen LogP contribution >= 0.6 is 0 Å². The van der Waals surface area contributed by atoms with Crippen molar-refractivity contribution < 1.29 is 4.79 Å². The number of rotatable bonds is 5. The summed E-state index contributed by atoms with van der Waals surface area (Å²) in [7, 11) is 0. The number of nitrogens with one attached hydrogen (secondary N) is 1. The van der Waals surface area contributed by atoms with Crippen LogP contribution in [0, 0.1) is 0 Å². The van der Waals surface area contributed by atoms with Crippen LogP contribution in [-0.4, -0.2) is 28.5 Å². The lowest BCUT2D eigenvalue weighted by Crippen LogP contribution is -2.44. The van der Waals surface area contributed by atoms with Crippen molar-refractivity contribution in [1.29, 1.82) is 0 Å². The van der Waals surface area contributed by atoms with E-state index in [1.807, 2.05) is 6.92 Å². The Morgan fingerprint density at radius 1 is 1.44 bits per heavy atom. The van der Waals surface area contributed by atoms with E-state index in [0.717, 1.165) is 42.9 Å². The van der Waals surface area contributed by atoms with E-state index in [0.29, 0.717) is 6.04 Å². The highest BCUT2D eigenvalue weighted by molar-refractivity contribution is 5.80. The first-order valence-corrected chi connectivity index (χ1v) is 6.61. The topological polar surface area (TPSA) is 58.1 Å². The number of aldehydes is 1. The van der Waals surface area contributed by atoms with Crippen molar-refractivity contribution in [3.05, 3.63) is 11.9 Å². The lowest BCUT2D eigenvalue weighted by atomic mass is 10.1. The molecule has 1 aromatic rings. The minimum Gasteiger partial charge on any atom is -0.341 e. The molecule has 98 valence electrons. The molecule has 0 aromatic carbocycles. The van der Waals surface area contributed by atoms with E-state index >= 15 is 0 Å². The van der Waals surface area contributed by atoms with Crippen molar-refractivity contribution in [2.24, 2.45) is 0 Å². The second-order valence-corrected chi connectivity index (χ2v) is 4.49. The summed E-state index contributed by atoms with van der Waals surface area (Å²) in [4.78, 5) is 22.2. The molecule has 0 aliphatic carbocycles. The zero-order valence-electron chi connectivity index (χ0n) is 11.2. The monoisotopic (exact) mass is 248 g/mol. The van der Waals surface area contributed by atoms with Gasteiger partial charge in [-0.2, -0.15) is 0 Å². The molecule has 1 N–H and O–H groups in total. The zero-order valence-corrected chi connectivity index (χ0v) is 11.2. The summed E-state index contributed by atoms with van der Waals surface area (Å²) in [6, 6.07) is 0.315. The Morgan fingerprint density at radius 3 is 2.72 bits per heavy atom. The first kappa shape index (κ1) is 12.8. The maximum Gasteiger partial charge on any atom is 0.174 e. The Kier molecular flexibility index (Phi) is 3.79. The molecule has 0 fully saturated rings. The number of nitrogens with zero attached hydrogens (tertiary/aromatic N) is 3. The molecule has 1 aliphatic rings. The van der Waals surface area contributed by atoms with Crippen LogP contribution in [0.4, 0.5) is 11.6 Å². The average molecular weight is 248 g/mol. The molecule has 5 nitrogen and oxygen atoms in total. The van der Waals surface area contributed by atoms with Crippen molar-refractivity contribution in [2.45, 2.75) is 52.2 Å². The van der Waals surface area contributed by atoms with Gasteiger partial charge in [0.1, 0.15) is 0 Å². The Morgan fingerprint density at radius 2 is 2.17 bits per heavy atom. The molecule has 5 heteroatoms. The van der Waals surface area contributed by atoms with E-state index in [2.05, 4.69) is 34.0 Å². The van der Waals surface area contributed by atoms with Crippen molar-refractivity contribution >= 4 is 17.9 Å². The second-order valence-electron chi connectivity index (χ2n) is 4.49. The highest BCUT2D eigenvalue weighted by Crippen LogP contribution is 2.33. The van der Waals surface area contributed by atoms with E-state index in [1.165, 1.54) is 0 Å². The van der Waals surface area contributed by atoms with Gasteiger partial charge in [-0.15, -0.1) is 0 Å². The fourth-order valence-corrected chi connectivity index (χ4v) is 2.40. The smallest absolute Gasteiger partial charge is 0.174 e. The summed E-state index contributed by atoms with van der Waals surface area (Å²) < 4.78 is 0. The number of fused-ring (bicyclic) bond motifs is 1. The second kappa shape index (κ2) is 5.33. The average Bonchev–Trinajstić information content (AvgIpc) is 2.78. The fraction of sp³-hybridized carbons (Fsp3) is 0.615. The first-order valence-electron chi connectivity index (χ1n) is 6.61. The van der Waals surface area contributed by atoms with Crippen LogP contribution in [0.3, 0.4) is 0 Å². The molecule has 1 atom stereocenters. The minimum atomic E-state index is -0.336. The highest BCUT2D eigenvalue weighted by atomic mass is 16.1. The third-order valence-electron chi connectivity index (χ3n) is 3.46. The summed E-state index contributed by atoms with van der Waals surface area (Å²) in [5.41, 5.74) is 0.942. The van der Waals surface area contributed by atoms with Crippen molar-refractivity contribution in [3.8, 4) is 0 Å². The fourth-order valence-electron chi connectivity index (χ4n) is 2.40. The van der Waals surface area contributed by atoms with Crippen LogP contribution < -0.4 is 10.2 Å². The quantitative estimate of drug-likeness (QED) is 0.807. The van der Waals surface area contributed by atoms with Crippen LogP contribution in [0.25, 0.3) is 0 Å². The molecule has 1 aromatic heterocycles. The van der Waals surface area contributed by atoms with E-state index in [4.69, 9.17) is 0 Å². The summed E-state index contributed by atoms with van der Waals surface area (Å²) in [6.45, 7) is 6.30. The summed E-state index contributed by atoms with van der Waals surface area (Å²) in [5.74, 6) is 1.54. The maximum absolute atomic E-state index is 11.2. The van der Waals surface area contributed by atoms with E-state index in [1.54, 1.807) is 6.20 Å². The third kappa shape index (κ3) is 2.05. The lowest BCUT2D eigenvalue weighted by molar-refractivity contribution is -0.108. The highest BCUT2D eigenvalue weighted by Gasteiger charge is 2.34. The van der Waals surface area contributed by atoms with Gasteiger partial charge in [-0.25, -0.2) is 9.97 Å². The van der Waals surface area contributed by atoms with Crippen LogP contribution in [-0.2, 0) is 11.2 Å². The van der Waals surface area contributed by atoms with E-state index in [9.17, 15) is 4.79 Å². The SMILES string of the molecule is CCc1cnc2c(n1)NC(C=O)N2C(CC)CC. The molecule has 2 heterocycles. The Bertz CT molecular complexity index is 431. The van der Waals surface area contributed by atoms with Gasteiger partial charge in [-0.3, -0.25) is 4.79 Å². The van der Waals surface area contributed by atoms with Gasteiger partial charge in [-0.1, -0.05) is 20.8 Å². The summed E-state index contributed by atoms with van der Waals surface area (Å²) in [6.07, 6.45) is 5.20. The Labute approximate surface area is 108 Å². The van der Waals surface area contributed by atoms with Crippen molar-refractivity contribution in [2.75, 3.05) is 10.2 Å². The molecule has 0 saturated heterocycles. The number of anilines is 2. The Hall–Kier alpha value is -1.65. The Balaban J connectivity index is 2.38. The van der Waals surface area contributed by atoms with E-state index < -0.39 is 0 Å². The molecular formula is C13H20N4O. The third-order valence-corrected chi connectivity index (χ3v) is 3.46. The molecule has 0 saturated carbocycles. The largest absolute Gasteiger partial charge is 0.341 e. The molecule has 1 aliphatic heterocycles. The molecular weight excluding hydrogens is 228 g/mol. The van der Waals surface area contributed by atoms with Crippen molar-refractivity contribution in [3.63, 3.8) is 0 Å². The number of hydrogen-bond donors (Lipinski definition) is 1. The molecule has 0 radical (unpaired) electrons. The number of aromatic nitrogens is 2. The molecule has 2 rings (SSSR count). The van der Waals surface area contributed by atoms with Gasteiger partial charge in [0.2, 0.25) is 0 Å². The van der Waals surface area contributed by atoms with Gasteiger partial charge in [0.05, 0.1) is 11.9 Å². The van der Waals surface area contributed by atoms with Gasteiger partial charge in [-0.05, 0) is 19.3 Å². The number of carbonyl (C=O) groups excluding carboxylic acids is 1. The number of aryl methyl sites for hydroxylation is 1. The van der Waals surface area contributed by atoms with Crippen LogP contribution in [0.15, 0.2) is 6.20 Å². The number of carbonyl (C=O) groups is 1. The van der Waals surface area contributed by atoms with Gasteiger partial charge < -0.3 is 10.2 Å². The maximum atomic E-state index is 11.2. The van der Waals surface area contributed by atoms with Crippen LogP contribution in [0.1, 0.15) is 39.3 Å². The molecule has 0 spiro atoms. The van der Waals surface area contributed by atoms with Gasteiger partial charge in [0, 0.05) is 6.04 Å². The standard InChI is InChI=1S/C13H20N4O/c1-4-9-7-14-13-12(15-9)16-11(8-18)17(13)10(5-2)6-3/h7-8,10-11H,4-6H2,1-3H3,(H,15,16). The summed E-state index contributed by atoms with van der Waals surface area (Å²) >= 11 is 0. The predicted molar refractivity (Wildman–Crippen MR) is 71.7 cm³/mol. The molecule has 0 bridgehead atoms. The normalized spacial score (nSPS) is 17.8. The van der Waals surface area contributed by atoms with Gasteiger partial charge in [0.25, 0.3) is 0 Å². The zero-order chi connectivity index (χ0) is 13.1.